The molecule has 0 radical (unpaired) electrons. The molecule has 1 aliphatic heterocycles. The lowest BCUT2D eigenvalue weighted by atomic mass is 10.1. The summed E-state index contributed by atoms with van der Waals surface area (Å²) in [5.41, 5.74) is 5.90. The Morgan fingerprint density at radius 2 is 1.35 bits per heavy atom. The smallest absolute Gasteiger partial charge is 0.308 e. The summed E-state index contributed by atoms with van der Waals surface area (Å²) in [6.45, 7) is 5.28. The van der Waals surface area contributed by atoms with Gasteiger partial charge in [0.15, 0.2) is 0 Å². The van der Waals surface area contributed by atoms with E-state index in [4.69, 9.17) is 4.74 Å². The minimum absolute atomic E-state index is 0.0233. The number of carbonyl (C=O) groups excluding carboxylic acids is 1. The van der Waals surface area contributed by atoms with Gasteiger partial charge in [0.25, 0.3) is 0 Å². The molecule has 160 valence electrons. The Hall–Kier alpha value is -3.27. The predicted molar refractivity (Wildman–Crippen MR) is 128 cm³/mol. The van der Waals surface area contributed by atoms with Gasteiger partial charge in [-0.25, -0.2) is 0 Å². The first-order valence-corrected chi connectivity index (χ1v) is 11.2. The number of ether oxygens (including phenoxy) is 1. The van der Waals surface area contributed by atoms with E-state index in [2.05, 4.69) is 82.6 Å². The highest BCUT2D eigenvalue weighted by atomic mass is 16.5. The average molecular weight is 415 g/mol. The van der Waals surface area contributed by atoms with Crippen molar-refractivity contribution >= 4 is 34.4 Å². The Kier molecular flexibility index (Phi) is 6.56. The van der Waals surface area contributed by atoms with Gasteiger partial charge in [-0.3, -0.25) is 4.79 Å². The zero-order valence-electron chi connectivity index (χ0n) is 18.3. The van der Waals surface area contributed by atoms with E-state index in [0.717, 1.165) is 31.5 Å². The third-order valence-corrected chi connectivity index (χ3v) is 5.88. The molecule has 1 unspecified atom stereocenters. The minimum atomic E-state index is -0.0883. The maximum atomic E-state index is 11.9. The van der Waals surface area contributed by atoms with Crippen LogP contribution in [0.25, 0.3) is 0 Å². The average Bonchev–Trinajstić information content (AvgIpc) is 2.83. The van der Waals surface area contributed by atoms with Gasteiger partial charge in [-0.05, 0) is 55.7 Å². The zero-order valence-corrected chi connectivity index (χ0v) is 18.3. The van der Waals surface area contributed by atoms with Crippen LogP contribution in [-0.2, 0) is 9.53 Å². The molecule has 0 spiro atoms. The molecular weight excluding hydrogens is 384 g/mol. The van der Waals surface area contributed by atoms with Crippen molar-refractivity contribution in [3.63, 3.8) is 0 Å². The van der Waals surface area contributed by atoms with Gasteiger partial charge in [0.05, 0.1) is 35.3 Å². The first-order valence-electron chi connectivity index (χ1n) is 11.2. The number of esters is 1. The molecule has 0 bridgehead atoms. The quantitative estimate of drug-likeness (QED) is 0.294. The molecule has 0 fully saturated rings. The lowest BCUT2D eigenvalue weighted by molar-refractivity contribution is -0.148. The van der Waals surface area contributed by atoms with E-state index in [1.165, 1.54) is 22.7 Å². The summed E-state index contributed by atoms with van der Waals surface area (Å²) in [5.74, 6) is -0.112. The second kappa shape index (κ2) is 9.69. The van der Waals surface area contributed by atoms with E-state index in [1.54, 1.807) is 0 Å². The summed E-state index contributed by atoms with van der Waals surface area (Å²) in [6, 6.07) is 27.6. The third kappa shape index (κ3) is 4.43. The van der Waals surface area contributed by atoms with E-state index in [1.807, 2.05) is 19.9 Å². The minimum Gasteiger partial charge on any atom is -0.465 e. The van der Waals surface area contributed by atoms with Crippen LogP contribution in [0.3, 0.4) is 0 Å². The number of hydrogen-bond donors (Lipinski definition) is 0. The topological polar surface area (TPSA) is 32.8 Å². The molecule has 0 N–H and O–H groups in total. The fraction of sp³-hybridized carbons (Fsp3) is 0.296. The molecule has 4 heteroatoms. The highest BCUT2D eigenvalue weighted by Gasteiger charge is 2.28. The standard InChI is InChI=1S/C27H30N2O2/c1-3-21(2)27(30)31-20-12-11-19-28-23-15-7-9-17-25(23)29(22-13-5-4-6-14-22)26-18-10-8-16-24(26)28/h4-10,13-18,21H,3,11-12,19-20H2,1-2H3. The Morgan fingerprint density at radius 1 is 0.806 bits per heavy atom. The second-order valence-electron chi connectivity index (χ2n) is 7.98. The van der Waals surface area contributed by atoms with Crippen LogP contribution >= 0.6 is 0 Å². The predicted octanol–water partition coefficient (Wildman–Crippen LogP) is 6.98. The maximum Gasteiger partial charge on any atom is 0.308 e. The van der Waals surface area contributed by atoms with Gasteiger partial charge in [0, 0.05) is 12.2 Å². The molecular formula is C27H30N2O2. The van der Waals surface area contributed by atoms with Gasteiger partial charge in [-0.2, -0.15) is 0 Å². The van der Waals surface area contributed by atoms with E-state index < -0.39 is 0 Å². The first kappa shape index (κ1) is 21.0. The van der Waals surface area contributed by atoms with Crippen molar-refractivity contribution in [2.75, 3.05) is 23.0 Å². The SMILES string of the molecule is CCC(C)C(=O)OCCCCN1c2ccccc2N(c2ccccc2)c2ccccc21. The molecule has 0 amide bonds. The molecule has 0 aromatic heterocycles. The van der Waals surface area contributed by atoms with Gasteiger partial charge >= 0.3 is 5.97 Å². The second-order valence-corrected chi connectivity index (χ2v) is 7.98. The van der Waals surface area contributed by atoms with Crippen LogP contribution in [0.1, 0.15) is 33.1 Å². The van der Waals surface area contributed by atoms with Gasteiger partial charge in [0.1, 0.15) is 0 Å². The summed E-state index contributed by atoms with van der Waals surface area (Å²) in [5, 5.41) is 0. The Bertz CT molecular complexity index is 971. The number of carbonyl (C=O) groups is 1. The normalized spacial score (nSPS) is 13.4. The molecule has 1 aliphatic rings. The Morgan fingerprint density at radius 3 is 1.94 bits per heavy atom. The third-order valence-electron chi connectivity index (χ3n) is 5.88. The first-order chi connectivity index (χ1) is 15.2. The highest BCUT2D eigenvalue weighted by molar-refractivity contribution is 5.97. The largest absolute Gasteiger partial charge is 0.465 e. The maximum absolute atomic E-state index is 11.9. The Labute approximate surface area is 185 Å². The van der Waals surface area contributed by atoms with Crippen LogP contribution in [0.15, 0.2) is 78.9 Å². The van der Waals surface area contributed by atoms with Gasteiger partial charge < -0.3 is 14.5 Å². The number of hydrogen-bond acceptors (Lipinski definition) is 4. The van der Waals surface area contributed by atoms with Crippen LogP contribution < -0.4 is 9.80 Å². The van der Waals surface area contributed by atoms with Gasteiger partial charge in [0.2, 0.25) is 0 Å². The molecule has 4 nitrogen and oxygen atoms in total. The van der Waals surface area contributed by atoms with Crippen molar-refractivity contribution in [1.82, 2.24) is 0 Å². The molecule has 1 atom stereocenters. The Balaban J connectivity index is 1.54. The summed E-state index contributed by atoms with van der Waals surface area (Å²) in [6.07, 6.45) is 2.62. The number of fused-ring (bicyclic) bond motifs is 2. The van der Waals surface area contributed by atoms with E-state index >= 15 is 0 Å². The number of anilines is 5. The molecule has 31 heavy (non-hydrogen) atoms. The van der Waals surface area contributed by atoms with Crippen LogP contribution in [-0.4, -0.2) is 19.1 Å². The van der Waals surface area contributed by atoms with Crippen molar-refractivity contribution in [1.29, 1.82) is 0 Å². The van der Waals surface area contributed by atoms with Crippen LogP contribution in [0.2, 0.25) is 0 Å². The molecule has 3 aromatic rings. The van der Waals surface area contributed by atoms with E-state index in [0.29, 0.717) is 6.61 Å². The number of para-hydroxylation sites is 5. The molecule has 4 rings (SSSR count). The summed E-state index contributed by atoms with van der Waals surface area (Å²) >= 11 is 0. The molecule has 0 aliphatic carbocycles. The number of rotatable bonds is 8. The zero-order chi connectivity index (χ0) is 21.6. The van der Waals surface area contributed by atoms with Crippen molar-refractivity contribution in [2.45, 2.75) is 33.1 Å². The van der Waals surface area contributed by atoms with Crippen molar-refractivity contribution < 1.29 is 9.53 Å². The molecule has 3 aromatic carbocycles. The lowest BCUT2D eigenvalue weighted by Crippen LogP contribution is -2.28. The van der Waals surface area contributed by atoms with Crippen LogP contribution in [0.5, 0.6) is 0 Å². The fourth-order valence-corrected chi connectivity index (χ4v) is 3.97. The van der Waals surface area contributed by atoms with Crippen LogP contribution in [0.4, 0.5) is 28.4 Å². The summed E-state index contributed by atoms with van der Waals surface area (Å²) < 4.78 is 5.43. The highest BCUT2D eigenvalue weighted by Crippen LogP contribution is 2.50. The lowest BCUT2D eigenvalue weighted by Gasteiger charge is -2.40. The van der Waals surface area contributed by atoms with Crippen molar-refractivity contribution in [3.05, 3.63) is 78.9 Å². The number of benzene rings is 3. The summed E-state index contributed by atoms with van der Waals surface area (Å²) in [4.78, 5) is 16.6. The van der Waals surface area contributed by atoms with Crippen LogP contribution in [0, 0.1) is 5.92 Å². The van der Waals surface area contributed by atoms with E-state index in [-0.39, 0.29) is 11.9 Å². The number of nitrogens with zero attached hydrogens (tertiary/aromatic N) is 2. The molecule has 1 heterocycles. The van der Waals surface area contributed by atoms with Gasteiger partial charge in [-0.15, -0.1) is 0 Å². The summed E-state index contributed by atoms with van der Waals surface area (Å²) in [7, 11) is 0. The van der Waals surface area contributed by atoms with Crippen molar-refractivity contribution in [2.24, 2.45) is 5.92 Å². The molecule has 0 saturated heterocycles. The van der Waals surface area contributed by atoms with E-state index in [9.17, 15) is 4.79 Å². The number of unbranched alkanes of at least 4 members (excludes halogenated alkanes) is 1. The van der Waals surface area contributed by atoms with Crippen molar-refractivity contribution in [3.8, 4) is 0 Å². The van der Waals surface area contributed by atoms with Gasteiger partial charge in [-0.1, -0.05) is 56.3 Å². The fourth-order valence-electron chi connectivity index (χ4n) is 3.97. The monoisotopic (exact) mass is 414 g/mol. The molecule has 0 saturated carbocycles.